The van der Waals surface area contributed by atoms with Crippen molar-refractivity contribution in [2.24, 2.45) is 0 Å². The minimum absolute atomic E-state index is 0.543. The fourth-order valence-electron chi connectivity index (χ4n) is 2.65. The maximum absolute atomic E-state index is 5.14. The second kappa shape index (κ2) is 6.03. The molecular formula is C16H24N4O. The van der Waals surface area contributed by atoms with Crippen LogP contribution in [0.15, 0.2) is 29.2 Å². The van der Waals surface area contributed by atoms with Gasteiger partial charge in [-0.25, -0.2) is 4.98 Å². The van der Waals surface area contributed by atoms with Crippen molar-refractivity contribution in [3.8, 4) is 0 Å². The van der Waals surface area contributed by atoms with E-state index >= 15 is 0 Å². The molecule has 0 aromatic carbocycles. The molecule has 2 aromatic heterocycles. The van der Waals surface area contributed by atoms with Gasteiger partial charge < -0.3 is 8.98 Å². The highest BCUT2D eigenvalue weighted by molar-refractivity contribution is 5.09. The third-order valence-electron chi connectivity index (χ3n) is 4.21. The van der Waals surface area contributed by atoms with Crippen LogP contribution in [0, 0.1) is 0 Å². The van der Waals surface area contributed by atoms with Crippen LogP contribution in [0.1, 0.15) is 30.9 Å². The molecule has 3 heterocycles. The third-order valence-corrected chi connectivity index (χ3v) is 4.21. The molecule has 0 aliphatic carbocycles. The summed E-state index contributed by atoms with van der Waals surface area (Å²) in [6, 6.07) is 2.57. The number of fused-ring (bicyclic) bond motifs is 1. The Labute approximate surface area is 126 Å². The molecule has 0 saturated heterocycles. The topological polar surface area (TPSA) is 37.4 Å². The van der Waals surface area contributed by atoms with E-state index in [0.717, 1.165) is 32.7 Å². The van der Waals surface area contributed by atoms with Crippen LogP contribution in [-0.4, -0.2) is 39.0 Å². The first-order chi connectivity index (χ1) is 10.1. The van der Waals surface area contributed by atoms with Crippen LogP contribution in [0.2, 0.25) is 0 Å². The Morgan fingerprint density at radius 2 is 2.24 bits per heavy atom. The minimum Gasteiger partial charge on any atom is -0.472 e. The molecule has 0 N–H and O–H groups in total. The second-order valence-electron chi connectivity index (χ2n) is 6.19. The van der Waals surface area contributed by atoms with Crippen molar-refractivity contribution in [1.82, 2.24) is 19.4 Å². The fourth-order valence-corrected chi connectivity index (χ4v) is 2.65. The summed E-state index contributed by atoms with van der Waals surface area (Å²) in [4.78, 5) is 9.55. The summed E-state index contributed by atoms with van der Waals surface area (Å²) in [6.07, 6.45) is 5.77. The summed E-state index contributed by atoms with van der Waals surface area (Å²) >= 11 is 0. The summed E-state index contributed by atoms with van der Waals surface area (Å²) in [5.41, 5.74) is 2.40. The lowest BCUT2D eigenvalue weighted by Gasteiger charge is -2.26. The molecule has 0 bridgehead atoms. The highest BCUT2D eigenvalue weighted by Crippen LogP contribution is 2.16. The largest absolute Gasteiger partial charge is 0.472 e. The first kappa shape index (κ1) is 14.4. The lowest BCUT2D eigenvalue weighted by atomic mass is 10.3. The van der Waals surface area contributed by atoms with Gasteiger partial charge in [0.15, 0.2) is 0 Å². The monoisotopic (exact) mass is 288 g/mol. The van der Waals surface area contributed by atoms with Crippen LogP contribution in [0.25, 0.3) is 0 Å². The predicted octanol–water partition coefficient (Wildman–Crippen LogP) is 2.33. The van der Waals surface area contributed by atoms with Gasteiger partial charge in [0.2, 0.25) is 0 Å². The molecule has 1 aliphatic heterocycles. The predicted molar refractivity (Wildman–Crippen MR) is 81.7 cm³/mol. The van der Waals surface area contributed by atoms with Crippen molar-refractivity contribution in [3.63, 3.8) is 0 Å². The van der Waals surface area contributed by atoms with Crippen LogP contribution in [0.5, 0.6) is 0 Å². The Morgan fingerprint density at radius 3 is 2.95 bits per heavy atom. The molecule has 1 aliphatic rings. The lowest BCUT2D eigenvalue weighted by molar-refractivity contribution is 0.208. The Kier molecular flexibility index (Phi) is 4.12. The number of hydrogen-bond acceptors (Lipinski definition) is 4. The Bertz CT molecular complexity index is 573. The first-order valence-electron chi connectivity index (χ1n) is 7.60. The molecule has 0 amide bonds. The zero-order chi connectivity index (χ0) is 14.8. The standard InChI is InChI=1S/C16H24N4O/c1-13(2)18(3)9-15-10-20-6-5-19(11-16(20)17-15)8-14-4-7-21-12-14/h4,7,10,12-13H,5-6,8-9,11H2,1-3H3. The quantitative estimate of drug-likeness (QED) is 0.846. The summed E-state index contributed by atoms with van der Waals surface area (Å²) in [7, 11) is 2.15. The minimum atomic E-state index is 0.543. The van der Waals surface area contributed by atoms with Crippen LogP contribution < -0.4 is 0 Å². The van der Waals surface area contributed by atoms with Crippen molar-refractivity contribution in [2.75, 3.05) is 13.6 Å². The number of hydrogen-bond donors (Lipinski definition) is 0. The van der Waals surface area contributed by atoms with Gasteiger partial charge in [-0.15, -0.1) is 0 Å². The number of aromatic nitrogens is 2. The van der Waals surface area contributed by atoms with Crippen molar-refractivity contribution in [1.29, 1.82) is 0 Å². The van der Waals surface area contributed by atoms with Gasteiger partial charge in [0, 0.05) is 44.0 Å². The Balaban J connectivity index is 1.64. The van der Waals surface area contributed by atoms with Crippen LogP contribution >= 0.6 is 0 Å². The second-order valence-corrected chi connectivity index (χ2v) is 6.19. The van der Waals surface area contributed by atoms with E-state index in [0.29, 0.717) is 6.04 Å². The van der Waals surface area contributed by atoms with E-state index in [9.17, 15) is 0 Å². The van der Waals surface area contributed by atoms with Gasteiger partial charge in [-0.1, -0.05) is 0 Å². The number of imidazole rings is 1. The van der Waals surface area contributed by atoms with Crippen molar-refractivity contribution in [2.45, 2.75) is 46.1 Å². The summed E-state index contributed by atoms with van der Waals surface area (Å²) in [5, 5.41) is 0. The molecule has 5 heteroatoms. The van der Waals surface area contributed by atoms with E-state index in [1.807, 2.05) is 12.3 Å². The molecular weight excluding hydrogens is 264 g/mol. The molecule has 2 aromatic rings. The Morgan fingerprint density at radius 1 is 1.38 bits per heavy atom. The number of furan rings is 1. The Hall–Kier alpha value is -1.59. The van der Waals surface area contributed by atoms with Gasteiger partial charge in [0.1, 0.15) is 5.82 Å². The first-order valence-corrected chi connectivity index (χ1v) is 7.60. The summed E-state index contributed by atoms with van der Waals surface area (Å²) < 4.78 is 7.44. The average molecular weight is 288 g/mol. The van der Waals surface area contributed by atoms with Gasteiger partial charge in [-0.3, -0.25) is 9.80 Å². The molecule has 21 heavy (non-hydrogen) atoms. The molecule has 5 nitrogen and oxygen atoms in total. The molecule has 0 radical (unpaired) electrons. The normalized spacial score (nSPS) is 15.9. The lowest BCUT2D eigenvalue weighted by Crippen LogP contribution is -2.33. The van der Waals surface area contributed by atoms with Crippen LogP contribution in [0.4, 0.5) is 0 Å². The number of rotatable bonds is 5. The highest BCUT2D eigenvalue weighted by atomic mass is 16.3. The zero-order valence-corrected chi connectivity index (χ0v) is 13.1. The SMILES string of the molecule is CC(C)N(C)Cc1cn2c(n1)CN(Cc1ccoc1)CC2. The van der Waals surface area contributed by atoms with Crippen molar-refractivity contribution >= 4 is 0 Å². The zero-order valence-electron chi connectivity index (χ0n) is 13.1. The molecule has 3 rings (SSSR count). The fraction of sp³-hybridized carbons (Fsp3) is 0.562. The third kappa shape index (κ3) is 3.36. The van der Waals surface area contributed by atoms with Gasteiger partial charge in [0.05, 0.1) is 24.8 Å². The van der Waals surface area contributed by atoms with E-state index < -0.39 is 0 Å². The van der Waals surface area contributed by atoms with E-state index in [2.05, 4.69) is 41.5 Å². The molecule has 0 saturated carbocycles. The average Bonchev–Trinajstić information content (AvgIpc) is 3.07. The van der Waals surface area contributed by atoms with Gasteiger partial charge in [-0.05, 0) is 27.0 Å². The van der Waals surface area contributed by atoms with Gasteiger partial charge in [-0.2, -0.15) is 0 Å². The van der Waals surface area contributed by atoms with Crippen molar-refractivity contribution < 1.29 is 4.42 Å². The maximum atomic E-state index is 5.14. The molecule has 0 unspecified atom stereocenters. The van der Waals surface area contributed by atoms with Crippen LogP contribution in [-0.2, 0) is 26.2 Å². The summed E-state index contributed by atoms with van der Waals surface area (Å²) in [5.74, 6) is 1.18. The smallest absolute Gasteiger partial charge is 0.123 e. The van der Waals surface area contributed by atoms with E-state index in [1.54, 1.807) is 6.26 Å². The van der Waals surface area contributed by atoms with Gasteiger partial charge in [0.25, 0.3) is 0 Å². The van der Waals surface area contributed by atoms with Crippen molar-refractivity contribution in [3.05, 3.63) is 41.9 Å². The highest BCUT2D eigenvalue weighted by Gasteiger charge is 2.19. The number of nitrogens with zero attached hydrogens (tertiary/aromatic N) is 4. The molecule has 0 spiro atoms. The van der Waals surface area contributed by atoms with Gasteiger partial charge >= 0.3 is 0 Å². The maximum Gasteiger partial charge on any atom is 0.123 e. The van der Waals surface area contributed by atoms with E-state index in [1.165, 1.54) is 17.1 Å². The van der Waals surface area contributed by atoms with Crippen LogP contribution in [0.3, 0.4) is 0 Å². The van der Waals surface area contributed by atoms with E-state index in [4.69, 9.17) is 9.40 Å². The molecule has 0 atom stereocenters. The molecule has 0 fully saturated rings. The molecule has 114 valence electrons. The van der Waals surface area contributed by atoms with E-state index in [-0.39, 0.29) is 0 Å². The summed E-state index contributed by atoms with van der Waals surface area (Å²) in [6.45, 7) is 9.27.